The highest BCUT2D eigenvalue weighted by molar-refractivity contribution is 5.77. The molecule has 1 aliphatic heterocycles. The van der Waals surface area contributed by atoms with Gasteiger partial charge in [0.1, 0.15) is 5.76 Å². The number of nitrogens with zero attached hydrogens (tertiary/aromatic N) is 2. The van der Waals surface area contributed by atoms with Crippen LogP contribution >= 0.6 is 0 Å². The lowest BCUT2D eigenvalue weighted by Crippen LogP contribution is -2.35. The number of hydrazone groups is 1. The molecule has 3 rings (SSSR count). The topological polar surface area (TPSA) is 50.0 Å². The van der Waals surface area contributed by atoms with Crippen molar-refractivity contribution in [2.24, 2.45) is 5.10 Å². The minimum atomic E-state index is -4.34. The summed E-state index contributed by atoms with van der Waals surface area (Å²) in [5, 5.41) is 3.97. The van der Waals surface area contributed by atoms with Crippen molar-refractivity contribution in [1.82, 2.24) is 0 Å². The van der Waals surface area contributed by atoms with E-state index in [-0.39, 0.29) is 0 Å². The second-order valence-corrected chi connectivity index (χ2v) is 5.22. The molecule has 128 valence electrons. The van der Waals surface area contributed by atoms with Gasteiger partial charge in [-0.2, -0.15) is 18.3 Å². The molecular weight excluding hydrogens is 323 g/mol. The third-order valence-electron chi connectivity index (χ3n) is 3.53. The van der Waals surface area contributed by atoms with Gasteiger partial charge < -0.3 is 14.1 Å². The van der Waals surface area contributed by atoms with E-state index in [1.807, 2.05) is 6.07 Å². The van der Waals surface area contributed by atoms with Crippen LogP contribution in [0.1, 0.15) is 11.3 Å². The summed E-state index contributed by atoms with van der Waals surface area (Å²) in [7, 11) is 0. The zero-order valence-electron chi connectivity index (χ0n) is 12.7. The molecule has 1 saturated heterocycles. The van der Waals surface area contributed by atoms with Crippen LogP contribution in [0.4, 0.5) is 24.7 Å². The van der Waals surface area contributed by atoms with Crippen molar-refractivity contribution in [1.29, 1.82) is 0 Å². The van der Waals surface area contributed by atoms with Crippen molar-refractivity contribution in [3.05, 3.63) is 47.7 Å². The van der Waals surface area contributed by atoms with Crippen molar-refractivity contribution in [2.75, 3.05) is 36.6 Å². The average molecular weight is 339 g/mol. The molecule has 2 heterocycles. The maximum Gasteiger partial charge on any atom is 0.416 e. The summed E-state index contributed by atoms with van der Waals surface area (Å²) in [6.07, 6.45) is -2.87. The number of nitrogens with one attached hydrogen (secondary N) is 1. The van der Waals surface area contributed by atoms with Gasteiger partial charge >= 0.3 is 6.18 Å². The molecule has 1 aliphatic rings. The number of benzene rings is 1. The van der Waals surface area contributed by atoms with E-state index < -0.39 is 11.7 Å². The Kier molecular flexibility index (Phi) is 4.75. The van der Waals surface area contributed by atoms with E-state index in [9.17, 15) is 13.2 Å². The lowest BCUT2D eigenvalue weighted by atomic mass is 10.2. The Morgan fingerprint density at radius 1 is 1.04 bits per heavy atom. The predicted molar refractivity (Wildman–Crippen MR) is 84.4 cm³/mol. The molecule has 1 N–H and O–H groups in total. The normalized spacial score (nSPS) is 15.9. The van der Waals surface area contributed by atoms with Gasteiger partial charge in [-0.15, -0.1) is 0 Å². The first kappa shape index (κ1) is 16.4. The molecule has 8 heteroatoms. The number of anilines is 2. The highest BCUT2D eigenvalue weighted by Gasteiger charge is 2.29. The van der Waals surface area contributed by atoms with Gasteiger partial charge in [-0.05, 0) is 30.3 Å². The Morgan fingerprint density at radius 3 is 2.42 bits per heavy atom. The fraction of sp³-hybridized carbons (Fsp3) is 0.312. The first-order valence-electron chi connectivity index (χ1n) is 7.41. The lowest BCUT2D eigenvalue weighted by molar-refractivity contribution is -0.137. The first-order valence-corrected chi connectivity index (χ1v) is 7.41. The summed E-state index contributed by atoms with van der Waals surface area (Å²) in [5.41, 5.74) is 2.43. The lowest BCUT2D eigenvalue weighted by Gasteiger charge is -2.26. The van der Waals surface area contributed by atoms with Crippen molar-refractivity contribution in [3.63, 3.8) is 0 Å². The smallest absolute Gasteiger partial charge is 0.416 e. The largest absolute Gasteiger partial charge is 0.440 e. The number of morpholine rings is 1. The van der Waals surface area contributed by atoms with Gasteiger partial charge in [0.05, 0.1) is 30.7 Å². The average Bonchev–Trinajstić information content (AvgIpc) is 3.04. The van der Waals surface area contributed by atoms with Crippen molar-refractivity contribution < 1.29 is 22.3 Å². The maximum atomic E-state index is 12.5. The molecule has 0 bridgehead atoms. The van der Waals surface area contributed by atoms with E-state index >= 15 is 0 Å². The van der Waals surface area contributed by atoms with Gasteiger partial charge in [-0.1, -0.05) is 0 Å². The molecule has 1 aromatic heterocycles. The molecule has 2 aromatic rings. The summed E-state index contributed by atoms with van der Waals surface area (Å²) in [5.74, 6) is 1.30. The second kappa shape index (κ2) is 6.96. The molecule has 0 amide bonds. The Labute approximate surface area is 136 Å². The molecular formula is C16H16F3N3O2. The Morgan fingerprint density at radius 2 is 1.75 bits per heavy atom. The van der Waals surface area contributed by atoms with Crippen LogP contribution in [0, 0.1) is 0 Å². The standard InChI is InChI=1S/C16H16F3N3O2/c17-16(18,19)12-1-3-13(4-2-12)21-20-11-14-5-6-15(24-14)22-7-9-23-10-8-22/h1-6,11,21H,7-10H2/b20-11+. The van der Waals surface area contributed by atoms with E-state index in [0.717, 1.165) is 31.1 Å². The highest BCUT2D eigenvalue weighted by atomic mass is 19.4. The van der Waals surface area contributed by atoms with Crippen LogP contribution in [0.3, 0.4) is 0 Å². The molecule has 0 atom stereocenters. The molecule has 0 spiro atoms. The highest BCUT2D eigenvalue weighted by Crippen LogP contribution is 2.29. The Bertz CT molecular complexity index is 689. The third-order valence-corrected chi connectivity index (χ3v) is 3.53. The van der Waals surface area contributed by atoms with E-state index in [4.69, 9.17) is 9.15 Å². The SMILES string of the molecule is FC(F)(F)c1ccc(N/N=C/c2ccc(N3CCOCC3)o2)cc1. The number of hydrogen-bond acceptors (Lipinski definition) is 5. The van der Waals surface area contributed by atoms with Crippen LogP contribution in [0.15, 0.2) is 45.9 Å². The number of halogens is 3. The molecule has 5 nitrogen and oxygen atoms in total. The van der Waals surface area contributed by atoms with E-state index in [0.29, 0.717) is 24.7 Å². The fourth-order valence-corrected chi connectivity index (χ4v) is 2.27. The quantitative estimate of drug-likeness (QED) is 0.683. The molecule has 0 radical (unpaired) electrons. The van der Waals surface area contributed by atoms with Gasteiger partial charge in [-0.3, -0.25) is 5.43 Å². The van der Waals surface area contributed by atoms with Crippen molar-refractivity contribution >= 4 is 17.8 Å². The van der Waals surface area contributed by atoms with Crippen LogP contribution in [0.5, 0.6) is 0 Å². The van der Waals surface area contributed by atoms with Crippen LogP contribution in [-0.4, -0.2) is 32.5 Å². The number of rotatable bonds is 4. The predicted octanol–water partition coefficient (Wildman–Crippen LogP) is 3.58. The van der Waals surface area contributed by atoms with Gasteiger partial charge in [0.2, 0.25) is 0 Å². The molecule has 1 fully saturated rings. The van der Waals surface area contributed by atoms with E-state index in [1.165, 1.54) is 18.3 Å². The fourth-order valence-electron chi connectivity index (χ4n) is 2.27. The molecule has 0 aliphatic carbocycles. The van der Waals surface area contributed by atoms with Crippen LogP contribution in [-0.2, 0) is 10.9 Å². The summed E-state index contributed by atoms with van der Waals surface area (Å²) in [4.78, 5) is 2.07. The maximum absolute atomic E-state index is 12.5. The van der Waals surface area contributed by atoms with Crippen LogP contribution in [0.25, 0.3) is 0 Å². The Hall–Kier alpha value is -2.48. The van der Waals surface area contributed by atoms with Gasteiger partial charge in [-0.25, -0.2) is 0 Å². The van der Waals surface area contributed by atoms with Gasteiger partial charge in [0.15, 0.2) is 5.88 Å². The van der Waals surface area contributed by atoms with Crippen molar-refractivity contribution in [3.8, 4) is 0 Å². The van der Waals surface area contributed by atoms with E-state index in [1.54, 1.807) is 6.07 Å². The monoisotopic (exact) mass is 339 g/mol. The zero-order valence-corrected chi connectivity index (χ0v) is 12.7. The Balaban J connectivity index is 1.57. The minimum Gasteiger partial charge on any atom is -0.440 e. The number of hydrogen-bond donors (Lipinski definition) is 1. The minimum absolute atomic E-state index is 0.458. The van der Waals surface area contributed by atoms with Crippen LogP contribution in [0.2, 0.25) is 0 Å². The summed E-state index contributed by atoms with van der Waals surface area (Å²) in [6.45, 7) is 2.88. The summed E-state index contributed by atoms with van der Waals surface area (Å²) in [6, 6.07) is 8.28. The third kappa shape index (κ3) is 4.08. The van der Waals surface area contributed by atoms with Gasteiger partial charge in [0, 0.05) is 19.2 Å². The number of alkyl halides is 3. The molecule has 1 aromatic carbocycles. The molecule has 0 unspecified atom stereocenters. The second-order valence-electron chi connectivity index (χ2n) is 5.22. The van der Waals surface area contributed by atoms with E-state index in [2.05, 4.69) is 15.4 Å². The van der Waals surface area contributed by atoms with Crippen LogP contribution < -0.4 is 10.3 Å². The summed E-state index contributed by atoms with van der Waals surface area (Å²) < 4.78 is 48.4. The van der Waals surface area contributed by atoms with Gasteiger partial charge in [0.25, 0.3) is 0 Å². The number of ether oxygens (including phenoxy) is 1. The molecule has 0 saturated carbocycles. The first-order chi connectivity index (χ1) is 11.5. The number of furan rings is 1. The summed E-state index contributed by atoms with van der Waals surface area (Å²) >= 11 is 0. The van der Waals surface area contributed by atoms with Crippen molar-refractivity contribution in [2.45, 2.75) is 6.18 Å². The molecule has 24 heavy (non-hydrogen) atoms. The zero-order chi connectivity index (χ0) is 17.0.